The number of hydrogen-bond acceptors (Lipinski definition) is 9. The Morgan fingerprint density at radius 2 is 1.46 bits per heavy atom. The number of nitrogens with one attached hydrogen (secondary N) is 3. The van der Waals surface area contributed by atoms with Crippen molar-refractivity contribution < 1.29 is 33.8 Å². The van der Waals surface area contributed by atoms with Gasteiger partial charge in [0.15, 0.2) is 0 Å². The highest BCUT2D eigenvalue weighted by Gasteiger charge is 2.47. The minimum absolute atomic E-state index is 0.000809. The topological polar surface area (TPSA) is 183 Å². The largest absolute Gasteiger partial charge is 0.453 e. The third kappa shape index (κ3) is 12.4. The summed E-state index contributed by atoms with van der Waals surface area (Å²) < 4.78 is 4.83. The summed E-state index contributed by atoms with van der Waals surface area (Å²) in [4.78, 5) is 79.6. The Kier molecular flexibility index (Phi) is 15.0. The molecule has 0 spiro atoms. The molecule has 2 aromatic carbocycles. The van der Waals surface area contributed by atoms with Crippen molar-refractivity contribution in [2.75, 3.05) is 13.7 Å². The number of ether oxygens (including phenoxy) is 1. The van der Waals surface area contributed by atoms with E-state index in [1.165, 1.54) is 12.0 Å². The lowest BCUT2D eigenvalue weighted by atomic mass is 9.84. The predicted molar refractivity (Wildman–Crippen MR) is 232 cm³/mol. The van der Waals surface area contributed by atoms with Crippen LogP contribution in [0, 0.1) is 17.8 Å². The van der Waals surface area contributed by atoms with Crippen LogP contribution in [0.5, 0.6) is 0 Å². The number of aryl methyl sites for hydroxylation is 1. The molecule has 5 rings (SSSR count). The zero-order valence-electron chi connectivity index (χ0n) is 36.3. The molecule has 324 valence electrons. The maximum atomic E-state index is 14.6. The molecular formula is C47H59N7O7. The lowest BCUT2D eigenvalue weighted by Crippen LogP contribution is -2.59. The first-order valence-electron chi connectivity index (χ1n) is 20.5. The molecule has 14 heteroatoms. The Balaban J connectivity index is 1.43. The first-order valence-corrected chi connectivity index (χ1v) is 20.5. The fourth-order valence-corrected chi connectivity index (χ4v) is 7.60. The van der Waals surface area contributed by atoms with Crippen LogP contribution in [0.3, 0.4) is 0 Å². The number of rotatable bonds is 16. The van der Waals surface area contributed by atoms with E-state index in [0.29, 0.717) is 12.1 Å². The van der Waals surface area contributed by atoms with Gasteiger partial charge in [-0.15, -0.1) is 0 Å². The van der Waals surface area contributed by atoms with E-state index in [0.717, 1.165) is 33.0 Å². The average Bonchev–Trinajstić information content (AvgIpc) is 3.47. The number of imide groups is 1. The number of nitrogens with zero attached hydrogens (tertiary/aromatic N) is 4. The lowest BCUT2D eigenvalue weighted by Gasteiger charge is -2.38. The molecule has 6 amide bonds. The Morgan fingerprint density at radius 1 is 0.787 bits per heavy atom. The van der Waals surface area contributed by atoms with Crippen LogP contribution in [0.4, 0.5) is 9.59 Å². The maximum absolute atomic E-state index is 14.6. The number of alkyl carbamates (subject to hydrolysis) is 1. The van der Waals surface area contributed by atoms with Crippen LogP contribution in [0.2, 0.25) is 0 Å². The molecule has 1 saturated heterocycles. The molecule has 2 aromatic heterocycles. The van der Waals surface area contributed by atoms with Gasteiger partial charge in [-0.25, -0.2) is 9.59 Å². The second-order valence-electron chi connectivity index (χ2n) is 17.8. The number of benzene rings is 2. The Labute approximate surface area is 358 Å². The minimum atomic E-state index is -1.22. The predicted octanol–water partition coefficient (Wildman–Crippen LogP) is 5.61. The summed E-state index contributed by atoms with van der Waals surface area (Å²) >= 11 is 0. The molecule has 1 aliphatic heterocycles. The normalized spacial score (nSPS) is 15.7. The molecule has 1 fully saturated rings. The van der Waals surface area contributed by atoms with Gasteiger partial charge in [0.2, 0.25) is 11.8 Å². The van der Waals surface area contributed by atoms with Crippen molar-refractivity contribution in [2.45, 2.75) is 105 Å². The number of pyridine rings is 2. The van der Waals surface area contributed by atoms with E-state index in [-0.39, 0.29) is 25.9 Å². The van der Waals surface area contributed by atoms with Gasteiger partial charge in [-0.2, -0.15) is 0 Å². The summed E-state index contributed by atoms with van der Waals surface area (Å²) in [5.74, 6) is -1.46. The molecule has 14 nitrogen and oxygen atoms in total. The highest BCUT2D eigenvalue weighted by Crippen LogP contribution is 2.30. The molecule has 1 aliphatic rings. The Morgan fingerprint density at radius 3 is 2.07 bits per heavy atom. The summed E-state index contributed by atoms with van der Waals surface area (Å²) in [6, 6.07) is 23.9. The summed E-state index contributed by atoms with van der Waals surface area (Å²) in [7, 11) is 1.22. The van der Waals surface area contributed by atoms with Gasteiger partial charge in [0.1, 0.15) is 18.6 Å². The van der Waals surface area contributed by atoms with Crippen molar-refractivity contribution in [1.29, 1.82) is 0 Å². The molecule has 4 aromatic rings. The molecule has 0 aliphatic carbocycles. The number of carbonyl (C=O) groups excluding carboxylic acids is 5. The molecule has 0 saturated carbocycles. The molecule has 4 N–H and O–H groups in total. The van der Waals surface area contributed by atoms with Crippen LogP contribution < -0.4 is 16.0 Å². The van der Waals surface area contributed by atoms with Gasteiger partial charge in [-0.3, -0.25) is 29.3 Å². The highest BCUT2D eigenvalue weighted by atomic mass is 16.5. The van der Waals surface area contributed by atoms with Gasteiger partial charge in [0.05, 0.1) is 37.2 Å². The summed E-state index contributed by atoms with van der Waals surface area (Å²) in [6.07, 6.45) is 0.261. The SMILES string of the molecule is COC(=O)N[C@H](C(=O)N[C@H](Cc1ccc(-c2ccccn2)cc1)C[C@H](O)[C@H](Cc1ccccc1)NC(=O)[C@@H](N1CC(=O)N(Cc2cccc(C)n2)C1=O)C(C)(C)C)C(C)(C)C. The van der Waals surface area contributed by atoms with E-state index >= 15 is 0 Å². The number of amides is 6. The molecular weight excluding hydrogens is 775 g/mol. The fourth-order valence-electron chi connectivity index (χ4n) is 7.60. The van der Waals surface area contributed by atoms with Crippen LogP contribution >= 0.6 is 0 Å². The van der Waals surface area contributed by atoms with Crippen molar-refractivity contribution in [2.24, 2.45) is 10.8 Å². The molecule has 61 heavy (non-hydrogen) atoms. The standard InChI is InChI=1S/C47H59N7O7/c1-30-15-14-18-34(49-30)28-53-39(56)29-54(45(53)60)41(47(5,6)7)43(58)51-37(26-31-16-10-9-11-17-31)38(55)27-35(50-42(57)40(46(2,3)4)52-44(59)61-8)25-32-20-22-33(23-21-32)36-19-12-13-24-48-36/h9-24,35,37-38,40-41,55H,25-29H2,1-8H3,(H,50,57)(H,51,58)(H,52,59)/t35-,37+,38+,40-,41-/m1/s1. The average molecular weight is 834 g/mol. The number of hydrogen-bond donors (Lipinski definition) is 4. The summed E-state index contributed by atoms with van der Waals surface area (Å²) in [6.45, 7) is 12.4. The van der Waals surface area contributed by atoms with E-state index in [2.05, 4.69) is 25.9 Å². The van der Waals surface area contributed by atoms with Crippen LogP contribution in [-0.4, -0.2) is 98.6 Å². The number of aromatic nitrogens is 2. The minimum Gasteiger partial charge on any atom is -0.453 e. The molecule has 0 bridgehead atoms. The quantitative estimate of drug-likeness (QED) is 0.104. The monoisotopic (exact) mass is 833 g/mol. The first-order chi connectivity index (χ1) is 28.8. The van der Waals surface area contributed by atoms with Crippen LogP contribution in [-0.2, 0) is 38.5 Å². The van der Waals surface area contributed by atoms with E-state index in [4.69, 9.17) is 4.74 Å². The van der Waals surface area contributed by atoms with Gasteiger partial charge in [0, 0.05) is 23.5 Å². The van der Waals surface area contributed by atoms with Crippen LogP contribution in [0.15, 0.2) is 97.2 Å². The number of aliphatic hydroxyl groups is 1. The van der Waals surface area contributed by atoms with Crippen molar-refractivity contribution in [3.63, 3.8) is 0 Å². The smallest absolute Gasteiger partial charge is 0.407 e. The Bertz CT molecular complexity index is 2140. The van der Waals surface area contributed by atoms with Gasteiger partial charge in [-0.1, -0.05) is 108 Å². The van der Waals surface area contributed by atoms with Gasteiger partial charge >= 0.3 is 12.1 Å². The third-order valence-electron chi connectivity index (χ3n) is 10.7. The summed E-state index contributed by atoms with van der Waals surface area (Å²) in [5.41, 5.74) is 3.17. The molecule has 0 unspecified atom stereocenters. The lowest BCUT2D eigenvalue weighted by molar-refractivity contribution is -0.131. The highest BCUT2D eigenvalue weighted by molar-refractivity contribution is 6.04. The van der Waals surface area contributed by atoms with Crippen LogP contribution in [0.25, 0.3) is 11.3 Å². The molecule has 5 atom stereocenters. The van der Waals surface area contributed by atoms with E-state index in [1.807, 2.05) is 133 Å². The van der Waals surface area contributed by atoms with Crippen molar-refractivity contribution in [3.05, 3.63) is 120 Å². The van der Waals surface area contributed by atoms with E-state index < -0.39 is 70.9 Å². The Hall–Kier alpha value is -6.15. The van der Waals surface area contributed by atoms with E-state index in [9.17, 15) is 29.1 Å². The van der Waals surface area contributed by atoms with Gasteiger partial charge in [-0.05, 0) is 72.4 Å². The van der Waals surface area contributed by atoms with Crippen molar-refractivity contribution in [3.8, 4) is 11.3 Å². The number of aliphatic hydroxyl groups excluding tert-OH is 1. The van der Waals surface area contributed by atoms with Crippen molar-refractivity contribution in [1.82, 2.24) is 35.7 Å². The van der Waals surface area contributed by atoms with E-state index in [1.54, 1.807) is 12.3 Å². The number of urea groups is 1. The second kappa shape index (κ2) is 19.9. The van der Waals surface area contributed by atoms with Crippen LogP contribution in [0.1, 0.15) is 70.5 Å². The van der Waals surface area contributed by atoms with Gasteiger partial charge < -0.3 is 30.7 Å². The number of carbonyl (C=O) groups is 5. The zero-order valence-corrected chi connectivity index (χ0v) is 36.3. The zero-order chi connectivity index (χ0) is 44.5. The number of methoxy groups -OCH3 is 1. The first kappa shape index (κ1) is 45.9. The third-order valence-corrected chi connectivity index (χ3v) is 10.7. The second-order valence-corrected chi connectivity index (χ2v) is 17.8. The molecule has 3 heterocycles. The van der Waals surface area contributed by atoms with Gasteiger partial charge in [0.25, 0.3) is 5.91 Å². The molecule has 0 radical (unpaired) electrons. The van der Waals surface area contributed by atoms with Crippen molar-refractivity contribution >= 4 is 29.8 Å². The fraction of sp³-hybridized carbons (Fsp3) is 0.426. The summed E-state index contributed by atoms with van der Waals surface area (Å²) in [5, 5.41) is 21.0. The maximum Gasteiger partial charge on any atom is 0.407 e.